The van der Waals surface area contributed by atoms with E-state index in [0.29, 0.717) is 15.6 Å². The number of anilines is 1. The Morgan fingerprint density at radius 1 is 0.833 bits per heavy atom. The van der Waals surface area contributed by atoms with Gasteiger partial charge < -0.3 is 0 Å². The fourth-order valence-corrected chi connectivity index (χ4v) is 6.82. The first-order valence-electron chi connectivity index (χ1n) is 10.3. The predicted molar refractivity (Wildman–Crippen MR) is 125 cm³/mol. The van der Waals surface area contributed by atoms with Crippen molar-refractivity contribution in [2.24, 2.45) is 0 Å². The van der Waals surface area contributed by atoms with Crippen molar-refractivity contribution in [1.29, 1.82) is 0 Å². The first-order chi connectivity index (χ1) is 14.6. The lowest BCUT2D eigenvalue weighted by Gasteiger charge is -2.18. The van der Waals surface area contributed by atoms with E-state index in [1.807, 2.05) is 18.2 Å². The molecule has 0 atom stereocenters. The molecule has 0 fully saturated rings. The van der Waals surface area contributed by atoms with Crippen LogP contribution < -0.4 is 4.90 Å². The number of hydrogen-bond donors (Lipinski definition) is 0. The Balaban J connectivity index is 1.54. The number of pyridine rings is 1. The summed E-state index contributed by atoms with van der Waals surface area (Å²) in [4.78, 5) is 36.6. The highest BCUT2D eigenvalue weighted by atomic mass is 79.9. The second-order valence-electron chi connectivity index (χ2n) is 7.81. The van der Waals surface area contributed by atoms with Crippen LogP contribution in [0.4, 0.5) is 5.82 Å². The molecule has 0 saturated heterocycles. The lowest BCUT2D eigenvalue weighted by atomic mass is 9.99. The highest BCUT2D eigenvalue weighted by molar-refractivity contribution is 9.10. The van der Waals surface area contributed by atoms with Crippen LogP contribution >= 0.6 is 38.6 Å². The summed E-state index contributed by atoms with van der Waals surface area (Å²) >= 11 is 6.45. The number of carbonyl (C=O) groups excluding carboxylic acids is 2. The Hall–Kier alpha value is -1.83. The number of rotatable bonds is 3. The zero-order chi connectivity index (χ0) is 20.7. The van der Waals surface area contributed by atoms with Gasteiger partial charge in [0.1, 0.15) is 5.82 Å². The average molecular weight is 501 g/mol. The van der Waals surface area contributed by atoms with Crippen molar-refractivity contribution in [3.63, 3.8) is 0 Å². The Labute approximate surface area is 192 Å². The highest BCUT2D eigenvalue weighted by Gasteiger charge is 2.31. The van der Waals surface area contributed by atoms with Crippen LogP contribution in [-0.4, -0.2) is 16.8 Å². The summed E-state index contributed by atoms with van der Waals surface area (Å²) < 4.78 is 0.810. The number of halogens is 1. The third-order valence-electron chi connectivity index (χ3n) is 5.76. The molecule has 4 nitrogen and oxygen atoms in total. The molecule has 0 aromatic carbocycles. The molecule has 154 valence electrons. The van der Waals surface area contributed by atoms with Crippen molar-refractivity contribution in [1.82, 2.24) is 4.98 Å². The van der Waals surface area contributed by atoms with E-state index in [9.17, 15) is 9.59 Å². The average Bonchev–Trinajstić information content (AvgIpc) is 3.39. The normalized spacial score (nSPS) is 15.4. The number of aromatic nitrogens is 1. The quantitative estimate of drug-likeness (QED) is 0.401. The minimum Gasteiger partial charge on any atom is -0.267 e. The van der Waals surface area contributed by atoms with Gasteiger partial charge in [-0.3, -0.25) is 9.59 Å². The zero-order valence-electron chi connectivity index (χ0n) is 16.4. The lowest BCUT2D eigenvalue weighted by molar-refractivity contribution is 0.0901. The fourth-order valence-electron chi connectivity index (χ4n) is 4.21. The number of amides is 2. The molecule has 2 aliphatic rings. The van der Waals surface area contributed by atoms with E-state index in [2.05, 4.69) is 20.9 Å². The molecule has 0 radical (unpaired) electrons. The van der Waals surface area contributed by atoms with Crippen LogP contribution in [0, 0.1) is 0 Å². The Kier molecular flexibility index (Phi) is 5.60. The van der Waals surface area contributed by atoms with Gasteiger partial charge in [0, 0.05) is 20.4 Å². The Bertz CT molecular complexity index is 1000. The number of imide groups is 1. The van der Waals surface area contributed by atoms with Gasteiger partial charge in [0.05, 0.1) is 9.75 Å². The molecule has 0 N–H and O–H groups in total. The number of thiophene rings is 2. The topological polar surface area (TPSA) is 50.3 Å². The Morgan fingerprint density at radius 3 is 1.83 bits per heavy atom. The number of carbonyl (C=O) groups is 2. The monoisotopic (exact) mass is 500 g/mol. The van der Waals surface area contributed by atoms with Gasteiger partial charge in [-0.25, -0.2) is 9.88 Å². The second kappa shape index (κ2) is 8.36. The molecule has 0 unspecified atom stereocenters. The minimum atomic E-state index is -0.277. The molecule has 3 heterocycles. The Morgan fingerprint density at radius 2 is 1.37 bits per heavy atom. The van der Waals surface area contributed by atoms with Gasteiger partial charge in [-0.2, -0.15) is 0 Å². The largest absolute Gasteiger partial charge is 0.276 e. The number of aryl methyl sites for hydroxylation is 4. The summed E-state index contributed by atoms with van der Waals surface area (Å²) in [6.45, 7) is 0. The summed E-state index contributed by atoms with van der Waals surface area (Å²) in [5.74, 6) is -0.188. The van der Waals surface area contributed by atoms with Crippen LogP contribution in [0.15, 0.2) is 34.9 Å². The van der Waals surface area contributed by atoms with Crippen LogP contribution in [-0.2, 0) is 25.7 Å². The molecule has 2 aliphatic carbocycles. The van der Waals surface area contributed by atoms with Crippen LogP contribution in [0.3, 0.4) is 0 Å². The second-order valence-corrected chi connectivity index (χ2v) is 11.0. The van der Waals surface area contributed by atoms with E-state index in [0.717, 1.165) is 43.0 Å². The van der Waals surface area contributed by atoms with Crippen molar-refractivity contribution >= 4 is 56.2 Å². The molecule has 7 heteroatoms. The molecule has 3 aromatic rings. The van der Waals surface area contributed by atoms with Crippen LogP contribution in [0.1, 0.15) is 65.9 Å². The van der Waals surface area contributed by atoms with Crippen LogP contribution in [0.2, 0.25) is 0 Å². The fraction of sp³-hybridized carbons (Fsp3) is 0.348. The van der Waals surface area contributed by atoms with Gasteiger partial charge in [-0.05, 0) is 103 Å². The zero-order valence-corrected chi connectivity index (χ0v) is 19.7. The molecule has 5 rings (SSSR count). The first kappa shape index (κ1) is 20.1. The number of hydrogen-bond acceptors (Lipinski definition) is 5. The van der Waals surface area contributed by atoms with E-state index < -0.39 is 0 Å². The van der Waals surface area contributed by atoms with Crippen molar-refractivity contribution in [2.75, 3.05) is 4.90 Å². The third kappa shape index (κ3) is 3.79. The summed E-state index contributed by atoms with van der Waals surface area (Å²) in [5, 5.41) is 0. The molecule has 2 amide bonds. The van der Waals surface area contributed by atoms with Crippen LogP contribution in [0.25, 0.3) is 0 Å². The summed E-state index contributed by atoms with van der Waals surface area (Å²) in [6.07, 6.45) is 10.4. The molecule has 30 heavy (non-hydrogen) atoms. The van der Waals surface area contributed by atoms with E-state index >= 15 is 0 Å². The first-order valence-corrected chi connectivity index (χ1v) is 12.8. The van der Waals surface area contributed by atoms with Crippen LogP contribution in [0.5, 0.6) is 0 Å². The molecule has 0 bridgehead atoms. The van der Waals surface area contributed by atoms with Gasteiger partial charge in [0.25, 0.3) is 11.8 Å². The van der Waals surface area contributed by atoms with Crippen molar-refractivity contribution in [3.8, 4) is 0 Å². The molecular weight excluding hydrogens is 480 g/mol. The summed E-state index contributed by atoms with van der Waals surface area (Å²) in [6, 6.07) is 7.51. The smallest absolute Gasteiger partial charge is 0.267 e. The minimum absolute atomic E-state index is 0.277. The number of nitrogens with zero attached hydrogens (tertiary/aromatic N) is 2. The van der Waals surface area contributed by atoms with E-state index in [1.54, 1.807) is 12.3 Å². The summed E-state index contributed by atoms with van der Waals surface area (Å²) in [7, 11) is 0. The van der Waals surface area contributed by atoms with Crippen molar-refractivity contribution in [3.05, 3.63) is 65.6 Å². The SMILES string of the molecule is O=C(c1cc2c(s1)CCCC2)N(C(=O)c1cc2c(s1)CCCC2)c1ccc(Br)cn1. The van der Waals surface area contributed by atoms with E-state index in [-0.39, 0.29) is 11.8 Å². The third-order valence-corrected chi connectivity index (χ3v) is 8.68. The molecule has 0 aliphatic heterocycles. The van der Waals surface area contributed by atoms with Gasteiger partial charge >= 0.3 is 0 Å². The van der Waals surface area contributed by atoms with Gasteiger partial charge in [-0.15, -0.1) is 22.7 Å². The van der Waals surface area contributed by atoms with Crippen molar-refractivity contribution in [2.45, 2.75) is 51.4 Å². The number of fused-ring (bicyclic) bond motifs is 2. The lowest BCUT2D eigenvalue weighted by Crippen LogP contribution is -2.37. The maximum atomic E-state index is 13.6. The van der Waals surface area contributed by atoms with Gasteiger partial charge in [-0.1, -0.05) is 0 Å². The molecular formula is C23H21BrN2O2S2. The standard InChI is InChI=1S/C23H21BrN2O2S2/c24-16-9-10-21(25-13-16)26(22(27)19-11-14-5-1-3-7-17(14)29-19)23(28)20-12-15-6-2-4-8-18(15)30-20/h9-13H,1-8H2. The maximum Gasteiger partial charge on any atom is 0.276 e. The molecule has 3 aromatic heterocycles. The highest BCUT2D eigenvalue weighted by Crippen LogP contribution is 2.34. The van der Waals surface area contributed by atoms with E-state index in [4.69, 9.17) is 0 Å². The van der Waals surface area contributed by atoms with Crippen molar-refractivity contribution < 1.29 is 9.59 Å². The van der Waals surface area contributed by atoms with Gasteiger partial charge in [0.2, 0.25) is 0 Å². The molecule has 0 spiro atoms. The predicted octanol–water partition coefficient (Wildman–Crippen LogP) is 6.21. The summed E-state index contributed by atoms with van der Waals surface area (Å²) in [5.41, 5.74) is 2.52. The molecule has 0 saturated carbocycles. The van der Waals surface area contributed by atoms with E-state index in [1.165, 1.54) is 61.3 Å². The van der Waals surface area contributed by atoms with Gasteiger partial charge in [0.15, 0.2) is 0 Å². The maximum absolute atomic E-state index is 13.6.